The number of amides is 2. The normalized spacial score (nSPS) is 24.6. The van der Waals surface area contributed by atoms with Gasteiger partial charge in [0.2, 0.25) is 0 Å². The summed E-state index contributed by atoms with van der Waals surface area (Å²) in [5.74, 6) is -2.20. The maximum Gasteiger partial charge on any atom is 0.317 e. The van der Waals surface area contributed by atoms with Crippen LogP contribution in [0.5, 0.6) is 0 Å². The standard InChI is InChI=1S/C20H27F2N3O3/c1-13(17-7-4-15(21)12-18(17)22)24-8-10-25(11-9-24)20(28)23-16-5-2-14(3-6-16)19(26)27/h4,7,12-14,16H,2-3,5-6,8-11H2,1H3,(H,23,28)(H,26,27). The van der Waals surface area contributed by atoms with E-state index in [0.29, 0.717) is 57.4 Å². The Morgan fingerprint density at radius 3 is 2.32 bits per heavy atom. The lowest BCUT2D eigenvalue weighted by Crippen LogP contribution is -2.54. The number of nitrogens with one attached hydrogen (secondary N) is 1. The topological polar surface area (TPSA) is 72.9 Å². The lowest BCUT2D eigenvalue weighted by molar-refractivity contribution is -0.142. The van der Waals surface area contributed by atoms with Gasteiger partial charge in [-0.3, -0.25) is 9.69 Å². The van der Waals surface area contributed by atoms with Crippen LogP contribution in [-0.4, -0.2) is 59.1 Å². The van der Waals surface area contributed by atoms with Crippen LogP contribution in [0.25, 0.3) is 0 Å². The fourth-order valence-corrected chi connectivity index (χ4v) is 4.10. The number of piperazine rings is 1. The molecule has 2 N–H and O–H groups in total. The first kappa shape index (κ1) is 20.5. The molecule has 1 saturated carbocycles. The van der Waals surface area contributed by atoms with Crippen molar-refractivity contribution in [2.24, 2.45) is 5.92 Å². The van der Waals surface area contributed by atoms with Crippen molar-refractivity contribution >= 4 is 12.0 Å². The van der Waals surface area contributed by atoms with Crippen LogP contribution >= 0.6 is 0 Å². The molecule has 0 radical (unpaired) electrons. The van der Waals surface area contributed by atoms with Crippen molar-refractivity contribution in [3.8, 4) is 0 Å². The highest BCUT2D eigenvalue weighted by molar-refractivity contribution is 5.75. The molecule has 1 saturated heterocycles. The third kappa shape index (κ3) is 4.79. The third-order valence-electron chi connectivity index (χ3n) is 5.97. The first-order valence-corrected chi connectivity index (χ1v) is 9.82. The van der Waals surface area contributed by atoms with E-state index in [2.05, 4.69) is 10.2 Å². The van der Waals surface area contributed by atoms with Crippen molar-refractivity contribution in [2.45, 2.75) is 44.7 Å². The zero-order valence-electron chi connectivity index (χ0n) is 16.0. The predicted molar refractivity (Wildman–Crippen MR) is 99.8 cm³/mol. The Balaban J connectivity index is 1.47. The van der Waals surface area contributed by atoms with Crippen molar-refractivity contribution in [3.05, 3.63) is 35.4 Å². The Labute approximate surface area is 163 Å². The summed E-state index contributed by atoms with van der Waals surface area (Å²) in [6, 6.07) is 3.33. The molecule has 3 rings (SSSR count). The lowest BCUT2D eigenvalue weighted by Gasteiger charge is -2.39. The molecule has 2 amide bonds. The minimum atomic E-state index is -0.757. The number of aliphatic carboxylic acids is 1. The van der Waals surface area contributed by atoms with E-state index in [-0.39, 0.29) is 24.0 Å². The van der Waals surface area contributed by atoms with Gasteiger partial charge in [0.25, 0.3) is 0 Å². The lowest BCUT2D eigenvalue weighted by atomic mass is 9.86. The molecular formula is C20H27F2N3O3. The summed E-state index contributed by atoms with van der Waals surface area (Å²) in [7, 11) is 0. The van der Waals surface area contributed by atoms with Crippen molar-refractivity contribution < 1.29 is 23.5 Å². The second kappa shape index (κ2) is 8.86. The van der Waals surface area contributed by atoms with Crippen LogP contribution in [0.4, 0.5) is 13.6 Å². The Morgan fingerprint density at radius 2 is 1.75 bits per heavy atom. The van der Waals surface area contributed by atoms with E-state index in [9.17, 15) is 18.4 Å². The van der Waals surface area contributed by atoms with Crippen LogP contribution < -0.4 is 5.32 Å². The van der Waals surface area contributed by atoms with Gasteiger partial charge in [-0.05, 0) is 38.7 Å². The molecule has 0 bridgehead atoms. The average molecular weight is 395 g/mol. The summed E-state index contributed by atoms with van der Waals surface area (Å²) in [5, 5.41) is 12.1. The highest BCUT2D eigenvalue weighted by Gasteiger charge is 2.30. The van der Waals surface area contributed by atoms with Gasteiger partial charge in [0.15, 0.2) is 0 Å². The zero-order chi connectivity index (χ0) is 20.3. The fourth-order valence-electron chi connectivity index (χ4n) is 4.10. The Kier molecular flexibility index (Phi) is 6.49. The molecule has 1 aromatic carbocycles. The number of hydrogen-bond donors (Lipinski definition) is 2. The van der Waals surface area contributed by atoms with Crippen molar-refractivity contribution in [1.82, 2.24) is 15.1 Å². The molecule has 1 heterocycles. The molecule has 1 aromatic rings. The van der Waals surface area contributed by atoms with Gasteiger partial charge in [0.05, 0.1) is 5.92 Å². The molecule has 6 nitrogen and oxygen atoms in total. The second-order valence-electron chi connectivity index (χ2n) is 7.70. The maximum absolute atomic E-state index is 14.0. The minimum Gasteiger partial charge on any atom is -0.481 e. The van der Waals surface area contributed by atoms with E-state index in [1.165, 1.54) is 12.1 Å². The number of hydrogen-bond acceptors (Lipinski definition) is 3. The number of carboxylic acid groups (broad SMARTS) is 1. The number of carbonyl (C=O) groups excluding carboxylic acids is 1. The van der Waals surface area contributed by atoms with Gasteiger partial charge in [-0.15, -0.1) is 0 Å². The monoisotopic (exact) mass is 395 g/mol. The Bertz CT molecular complexity index is 715. The van der Waals surface area contributed by atoms with E-state index in [0.717, 1.165) is 6.07 Å². The van der Waals surface area contributed by atoms with Gasteiger partial charge in [-0.2, -0.15) is 0 Å². The SMILES string of the molecule is CC(c1ccc(F)cc1F)N1CCN(C(=O)NC2CCC(C(=O)O)CC2)CC1. The van der Waals surface area contributed by atoms with E-state index < -0.39 is 17.6 Å². The van der Waals surface area contributed by atoms with Crippen molar-refractivity contribution in [1.29, 1.82) is 0 Å². The molecule has 0 spiro atoms. The van der Waals surface area contributed by atoms with Gasteiger partial charge in [-0.25, -0.2) is 13.6 Å². The zero-order valence-corrected chi connectivity index (χ0v) is 16.0. The summed E-state index contributed by atoms with van der Waals surface area (Å²) in [6.45, 7) is 4.16. The first-order valence-electron chi connectivity index (χ1n) is 9.82. The van der Waals surface area contributed by atoms with Crippen molar-refractivity contribution in [2.75, 3.05) is 26.2 Å². The smallest absolute Gasteiger partial charge is 0.317 e. The number of halogens is 2. The largest absolute Gasteiger partial charge is 0.481 e. The first-order chi connectivity index (χ1) is 13.3. The average Bonchev–Trinajstić information content (AvgIpc) is 2.68. The third-order valence-corrected chi connectivity index (χ3v) is 5.97. The molecule has 1 aliphatic heterocycles. The molecule has 1 unspecified atom stereocenters. The van der Waals surface area contributed by atoms with Gasteiger partial charge in [0, 0.05) is 49.9 Å². The number of rotatable bonds is 4. The van der Waals surface area contributed by atoms with Crippen LogP contribution in [0, 0.1) is 17.6 Å². The van der Waals surface area contributed by atoms with E-state index in [4.69, 9.17) is 5.11 Å². The number of urea groups is 1. The molecule has 8 heteroatoms. The van der Waals surface area contributed by atoms with Crippen LogP contribution in [0.2, 0.25) is 0 Å². The molecule has 2 aliphatic rings. The van der Waals surface area contributed by atoms with E-state index >= 15 is 0 Å². The van der Waals surface area contributed by atoms with Crippen LogP contribution in [-0.2, 0) is 4.79 Å². The molecule has 28 heavy (non-hydrogen) atoms. The number of carboxylic acids is 1. The molecular weight excluding hydrogens is 368 g/mol. The van der Waals surface area contributed by atoms with E-state index in [1.807, 2.05) is 6.92 Å². The minimum absolute atomic E-state index is 0.0216. The highest BCUT2D eigenvalue weighted by atomic mass is 19.1. The molecule has 1 atom stereocenters. The van der Waals surface area contributed by atoms with Crippen molar-refractivity contribution in [3.63, 3.8) is 0 Å². The van der Waals surface area contributed by atoms with Gasteiger partial charge in [-0.1, -0.05) is 6.07 Å². The maximum atomic E-state index is 14.0. The summed E-state index contributed by atoms with van der Waals surface area (Å²) in [5.41, 5.74) is 0.453. The van der Waals surface area contributed by atoms with Gasteiger partial charge < -0.3 is 15.3 Å². The van der Waals surface area contributed by atoms with Gasteiger partial charge >= 0.3 is 12.0 Å². The number of nitrogens with zero attached hydrogens (tertiary/aromatic N) is 2. The second-order valence-corrected chi connectivity index (χ2v) is 7.70. The van der Waals surface area contributed by atoms with Crippen LogP contribution in [0.1, 0.15) is 44.2 Å². The van der Waals surface area contributed by atoms with Crippen LogP contribution in [0.15, 0.2) is 18.2 Å². The summed E-state index contributed by atoms with van der Waals surface area (Å²) in [6.07, 6.45) is 2.55. The summed E-state index contributed by atoms with van der Waals surface area (Å²) in [4.78, 5) is 27.3. The summed E-state index contributed by atoms with van der Waals surface area (Å²) >= 11 is 0. The predicted octanol–water partition coefficient (Wildman–Crippen LogP) is 3.00. The Hall–Kier alpha value is -2.22. The van der Waals surface area contributed by atoms with Gasteiger partial charge in [0.1, 0.15) is 11.6 Å². The van der Waals surface area contributed by atoms with Crippen LogP contribution in [0.3, 0.4) is 0 Å². The Morgan fingerprint density at radius 1 is 1.11 bits per heavy atom. The molecule has 0 aromatic heterocycles. The molecule has 2 fully saturated rings. The molecule has 1 aliphatic carbocycles. The fraction of sp³-hybridized carbons (Fsp3) is 0.600. The number of carbonyl (C=O) groups is 2. The summed E-state index contributed by atoms with van der Waals surface area (Å²) < 4.78 is 27.1. The highest BCUT2D eigenvalue weighted by Crippen LogP contribution is 2.26. The number of benzene rings is 1. The van der Waals surface area contributed by atoms with E-state index in [1.54, 1.807) is 4.90 Å². The molecule has 154 valence electrons. The quantitative estimate of drug-likeness (QED) is 0.822.